The van der Waals surface area contributed by atoms with Gasteiger partial charge in [0.1, 0.15) is 11.5 Å². The Morgan fingerprint density at radius 1 is 0.735 bits per heavy atom. The normalized spacial score (nSPS) is 11.7. The van der Waals surface area contributed by atoms with Gasteiger partial charge in [0.05, 0.1) is 21.0 Å². The number of nitro groups is 2. The molecular formula is C23H32N2O7Si2. The molecule has 0 saturated heterocycles. The number of nitro benzene ring substituents is 2. The van der Waals surface area contributed by atoms with Crippen LogP contribution in [-0.2, 0) is 12.8 Å². The molecule has 2 rings (SSSR count). The highest BCUT2D eigenvalue weighted by molar-refractivity contribution is 6.76. The maximum Gasteiger partial charge on any atom is 0.519 e. The molecule has 0 spiro atoms. The molecule has 0 aliphatic heterocycles. The summed E-state index contributed by atoms with van der Waals surface area (Å²) < 4.78 is 10.8. The first-order chi connectivity index (χ1) is 15.7. The van der Waals surface area contributed by atoms with Crippen molar-refractivity contribution in [1.82, 2.24) is 0 Å². The average Bonchev–Trinajstić information content (AvgIpc) is 2.70. The second-order valence-electron chi connectivity index (χ2n) is 10.6. The standard InChI is InChI=1S/C23H32N2O7Si2/c1-33(2,3)15-13-17-19(24(27)28)9-7-11-21(17)31-23(26)32-22-12-8-10-20(25(29)30)18(22)14-16-34(4,5)6/h7-12H,13-16H2,1-6H3. The van der Waals surface area contributed by atoms with Crippen molar-refractivity contribution in [3.8, 4) is 11.5 Å². The minimum absolute atomic E-state index is 0.0616. The quantitative estimate of drug-likeness (QED) is 0.114. The van der Waals surface area contributed by atoms with E-state index in [1.165, 1.54) is 36.4 Å². The van der Waals surface area contributed by atoms with E-state index in [0.717, 1.165) is 12.1 Å². The molecule has 2 aromatic carbocycles. The van der Waals surface area contributed by atoms with E-state index in [1.54, 1.807) is 0 Å². The van der Waals surface area contributed by atoms with Gasteiger partial charge >= 0.3 is 6.16 Å². The van der Waals surface area contributed by atoms with Crippen LogP contribution in [0.15, 0.2) is 36.4 Å². The smallest absolute Gasteiger partial charge is 0.394 e. The van der Waals surface area contributed by atoms with Crippen molar-refractivity contribution in [2.24, 2.45) is 0 Å². The van der Waals surface area contributed by atoms with Gasteiger partial charge in [-0.3, -0.25) is 20.2 Å². The summed E-state index contributed by atoms with van der Waals surface area (Å²) in [6.07, 6.45) is -0.300. The molecule has 0 aliphatic carbocycles. The zero-order chi connectivity index (χ0) is 25.7. The maximum atomic E-state index is 12.7. The number of benzene rings is 2. The monoisotopic (exact) mass is 504 g/mol. The number of hydrogen-bond acceptors (Lipinski definition) is 7. The second kappa shape index (κ2) is 10.9. The van der Waals surface area contributed by atoms with Crippen LogP contribution in [0.3, 0.4) is 0 Å². The first-order valence-corrected chi connectivity index (χ1v) is 18.5. The highest BCUT2D eigenvalue weighted by atomic mass is 28.3. The van der Waals surface area contributed by atoms with Crippen molar-refractivity contribution in [3.05, 3.63) is 67.8 Å². The number of nitrogens with zero attached hydrogens (tertiary/aromatic N) is 2. The fourth-order valence-electron chi connectivity index (χ4n) is 3.34. The summed E-state index contributed by atoms with van der Waals surface area (Å²) in [6.45, 7) is 12.9. The SMILES string of the molecule is C[Si](C)(C)CCc1c(OC(=O)Oc2cccc([N+](=O)[O-])c2CC[Si](C)(C)C)cccc1[N+](=O)[O-]. The summed E-state index contributed by atoms with van der Waals surface area (Å²) in [5.41, 5.74) is 0.444. The number of carbonyl (C=O) groups is 1. The maximum absolute atomic E-state index is 12.7. The van der Waals surface area contributed by atoms with E-state index in [0.29, 0.717) is 24.0 Å². The predicted octanol–water partition coefficient (Wildman–Crippen LogP) is 6.84. The summed E-state index contributed by atoms with van der Waals surface area (Å²) in [5, 5.41) is 23.1. The molecule has 2 aromatic rings. The van der Waals surface area contributed by atoms with Crippen molar-refractivity contribution in [2.75, 3.05) is 0 Å². The van der Waals surface area contributed by atoms with E-state index in [4.69, 9.17) is 9.47 Å². The highest BCUT2D eigenvalue weighted by Crippen LogP contribution is 2.34. The summed E-state index contributed by atoms with van der Waals surface area (Å²) in [4.78, 5) is 34.8. The van der Waals surface area contributed by atoms with Crippen LogP contribution in [0.5, 0.6) is 11.5 Å². The minimum atomic E-state index is -1.53. The first kappa shape index (κ1) is 27.2. The fraction of sp³-hybridized carbons (Fsp3) is 0.435. The number of hydrogen-bond donors (Lipinski definition) is 0. The van der Waals surface area contributed by atoms with Crippen LogP contribution in [0.4, 0.5) is 16.2 Å². The van der Waals surface area contributed by atoms with Crippen LogP contribution < -0.4 is 9.47 Å². The Hall–Kier alpha value is -3.06. The Labute approximate surface area is 201 Å². The van der Waals surface area contributed by atoms with Gasteiger partial charge in [-0.05, 0) is 25.0 Å². The lowest BCUT2D eigenvalue weighted by molar-refractivity contribution is -0.385. The molecule has 0 aromatic heterocycles. The molecule has 0 saturated carbocycles. The Bertz CT molecular complexity index is 992. The van der Waals surface area contributed by atoms with Crippen LogP contribution in [0.2, 0.25) is 51.4 Å². The van der Waals surface area contributed by atoms with Crippen LogP contribution in [0.25, 0.3) is 0 Å². The van der Waals surface area contributed by atoms with E-state index in [2.05, 4.69) is 39.3 Å². The van der Waals surface area contributed by atoms with E-state index in [1.807, 2.05) is 0 Å². The fourth-order valence-corrected chi connectivity index (χ4v) is 5.34. The summed E-state index contributed by atoms with van der Waals surface area (Å²) in [7, 11) is -3.05. The van der Waals surface area contributed by atoms with Crippen LogP contribution in [0, 0.1) is 20.2 Å². The van der Waals surface area contributed by atoms with Crippen LogP contribution >= 0.6 is 0 Å². The molecule has 0 aliphatic rings. The largest absolute Gasteiger partial charge is 0.519 e. The lowest BCUT2D eigenvalue weighted by Crippen LogP contribution is -2.22. The number of ether oxygens (including phenoxy) is 2. The predicted molar refractivity (Wildman–Crippen MR) is 137 cm³/mol. The minimum Gasteiger partial charge on any atom is -0.394 e. The molecule has 34 heavy (non-hydrogen) atoms. The van der Waals surface area contributed by atoms with E-state index in [-0.39, 0.29) is 22.9 Å². The molecule has 0 radical (unpaired) electrons. The lowest BCUT2D eigenvalue weighted by Gasteiger charge is -2.18. The van der Waals surface area contributed by atoms with Gasteiger partial charge in [0, 0.05) is 28.3 Å². The summed E-state index contributed by atoms with van der Waals surface area (Å²) >= 11 is 0. The van der Waals surface area contributed by atoms with Crippen LogP contribution in [0.1, 0.15) is 11.1 Å². The molecule has 11 heteroatoms. The van der Waals surface area contributed by atoms with Gasteiger partial charge in [-0.1, -0.05) is 63.5 Å². The molecule has 184 valence electrons. The van der Waals surface area contributed by atoms with Crippen molar-refractivity contribution < 1.29 is 24.1 Å². The Kier molecular flexibility index (Phi) is 8.73. The molecule has 0 amide bonds. The molecule has 0 heterocycles. The first-order valence-electron chi connectivity index (χ1n) is 11.1. The molecule has 9 nitrogen and oxygen atoms in total. The molecule has 0 bridgehead atoms. The second-order valence-corrected chi connectivity index (χ2v) is 21.8. The summed E-state index contributed by atoms with van der Waals surface area (Å²) in [6, 6.07) is 10.2. The van der Waals surface area contributed by atoms with Crippen molar-refractivity contribution >= 4 is 33.7 Å². The van der Waals surface area contributed by atoms with E-state index < -0.39 is 32.1 Å². The molecule has 0 fully saturated rings. The van der Waals surface area contributed by atoms with Crippen molar-refractivity contribution in [1.29, 1.82) is 0 Å². The van der Waals surface area contributed by atoms with E-state index >= 15 is 0 Å². The Morgan fingerprint density at radius 3 is 1.38 bits per heavy atom. The van der Waals surface area contributed by atoms with Gasteiger partial charge in [-0.2, -0.15) is 0 Å². The third-order valence-electron chi connectivity index (χ3n) is 5.25. The zero-order valence-electron chi connectivity index (χ0n) is 20.5. The van der Waals surface area contributed by atoms with Gasteiger partial charge in [0.2, 0.25) is 0 Å². The topological polar surface area (TPSA) is 122 Å². The molecule has 0 atom stereocenters. The van der Waals surface area contributed by atoms with E-state index in [9.17, 15) is 25.0 Å². The zero-order valence-corrected chi connectivity index (χ0v) is 22.5. The molecule has 0 N–H and O–H groups in total. The third-order valence-corrected chi connectivity index (χ3v) is 8.75. The third kappa shape index (κ3) is 8.06. The van der Waals surface area contributed by atoms with Gasteiger partial charge in [0.25, 0.3) is 11.4 Å². The summed E-state index contributed by atoms with van der Waals surface area (Å²) in [5.74, 6) is 0.123. The van der Waals surface area contributed by atoms with Gasteiger partial charge in [-0.25, -0.2) is 4.79 Å². The molecular weight excluding hydrogens is 472 g/mol. The Balaban J connectivity index is 2.34. The van der Waals surface area contributed by atoms with Crippen molar-refractivity contribution in [3.63, 3.8) is 0 Å². The Morgan fingerprint density at radius 2 is 1.09 bits per heavy atom. The average molecular weight is 505 g/mol. The lowest BCUT2D eigenvalue weighted by atomic mass is 10.1. The molecule has 0 unspecified atom stereocenters. The van der Waals surface area contributed by atoms with Gasteiger partial charge in [0.15, 0.2) is 0 Å². The van der Waals surface area contributed by atoms with Gasteiger partial charge < -0.3 is 9.47 Å². The van der Waals surface area contributed by atoms with Crippen molar-refractivity contribution in [2.45, 2.75) is 64.2 Å². The number of rotatable bonds is 10. The highest BCUT2D eigenvalue weighted by Gasteiger charge is 2.26. The van der Waals surface area contributed by atoms with Crippen LogP contribution in [-0.4, -0.2) is 32.1 Å². The van der Waals surface area contributed by atoms with Gasteiger partial charge in [-0.15, -0.1) is 0 Å². The number of carbonyl (C=O) groups excluding carboxylic acids is 1.